The number of carbonyl (C=O) groups excluding carboxylic acids is 3. The maximum absolute atomic E-state index is 13.2. The maximum Gasteiger partial charge on any atom is 0.335 e. The lowest BCUT2D eigenvalue weighted by atomic mass is 9.98. The smallest absolute Gasteiger partial charge is 0.335 e. The Morgan fingerprint density at radius 1 is 0.420 bits per heavy atom. The van der Waals surface area contributed by atoms with Crippen molar-refractivity contribution in [3.63, 3.8) is 0 Å². The van der Waals surface area contributed by atoms with Crippen molar-refractivity contribution in [1.82, 2.24) is 0 Å². The molecule has 1 rings (SSSR count). The first kappa shape index (κ1) is 74.9. The zero-order valence-corrected chi connectivity index (χ0v) is 51.3. The maximum atomic E-state index is 13.2. The van der Waals surface area contributed by atoms with Crippen LogP contribution in [-0.2, 0) is 42.9 Å². The molecule has 0 bridgehead atoms. The number of esters is 3. The van der Waals surface area contributed by atoms with Crippen molar-refractivity contribution < 1.29 is 58.2 Å². The first-order valence-electron chi connectivity index (χ1n) is 32.6. The van der Waals surface area contributed by atoms with Crippen molar-refractivity contribution in [2.24, 2.45) is 0 Å². The summed E-state index contributed by atoms with van der Waals surface area (Å²) in [5.41, 5.74) is 0. The van der Waals surface area contributed by atoms with Crippen LogP contribution in [-0.4, -0.2) is 89.2 Å². The number of carbonyl (C=O) groups is 4. The standard InChI is InChI=1S/C69H116O12/c1-4-7-10-13-16-19-22-25-28-30-31-33-35-37-40-43-46-49-52-55-61(70)77-58-60(79-62(71)56-53-50-47-44-41-38-34-27-24-21-18-15-12-9-6-3)59-78-69-67(65(74)64(73)66(81-69)68(75)76)80-63(72)57-54-51-48-45-42-39-36-32-29-26-23-20-17-14-11-8-5-2/h8,11,16-21,25-29,34,60,64-67,69,73-74H,4-7,9-10,12-15,22-24,30-33,35-59H2,1-3H3,(H,75,76)/b11-8-,19-16-,20-17-,21-18-,28-25-,29-26-,34-27-. The summed E-state index contributed by atoms with van der Waals surface area (Å²) in [6.45, 7) is 5.84. The van der Waals surface area contributed by atoms with Gasteiger partial charge in [-0.3, -0.25) is 14.4 Å². The first-order chi connectivity index (χ1) is 39.6. The van der Waals surface area contributed by atoms with Gasteiger partial charge in [-0.2, -0.15) is 0 Å². The van der Waals surface area contributed by atoms with E-state index in [0.717, 1.165) is 141 Å². The minimum absolute atomic E-state index is 0.0448. The number of carboxylic acids is 1. The molecule has 81 heavy (non-hydrogen) atoms. The van der Waals surface area contributed by atoms with E-state index < -0.39 is 67.3 Å². The van der Waals surface area contributed by atoms with E-state index in [2.05, 4.69) is 106 Å². The molecule has 0 spiro atoms. The Labute approximate surface area is 492 Å². The molecule has 0 amide bonds. The third-order valence-corrected chi connectivity index (χ3v) is 14.4. The molecular weight excluding hydrogens is 1020 g/mol. The lowest BCUT2D eigenvalue weighted by molar-refractivity contribution is -0.301. The molecule has 3 N–H and O–H groups in total. The van der Waals surface area contributed by atoms with E-state index in [1.807, 2.05) is 0 Å². The number of carboxylic acid groups (broad SMARTS) is 1. The summed E-state index contributed by atoms with van der Waals surface area (Å²) in [5, 5.41) is 31.6. The van der Waals surface area contributed by atoms with Crippen molar-refractivity contribution in [3.05, 3.63) is 85.1 Å². The van der Waals surface area contributed by atoms with Crippen LogP contribution < -0.4 is 0 Å². The number of aliphatic carboxylic acids is 1. The molecule has 1 aliphatic heterocycles. The van der Waals surface area contributed by atoms with Gasteiger partial charge in [-0.15, -0.1) is 0 Å². The summed E-state index contributed by atoms with van der Waals surface area (Å²) in [6.07, 6.45) is 61.0. The molecule has 1 saturated heterocycles. The number of aliphatic hydroxyl groups excluding tert-OH is 2. The fourth-order valence-electron chi connectivity index (χ4n) is 9.44. The number of unbranched alkanes of at least 4 members (excludes halogenated alkanes) is 27. The van der Waals surface area contributed by atoms with Crippen molar-refractivity contribution in [1.29, 1.82) is 0 Å². The molecule has 0 radical (unpaired) electrons. The molecule has 1 heterocycles. The summed E-state index contributed by atoms with van der Waals surface area (Å²) in [7, 11) is 0. The molecule has 0 saturated carbocycles. The summed E-state index contributed by atoms with van der Waals surface area (Å²) in [5.74, 6) is -3.15. The average molecular weight is 1140 g/mol. The van der Waals surface area contributed by atoms with Crippen LogP contribution in [0.15, 0.2) is 85.1 Å². The number of aliphatic hydroxyl groups is 2. The van der Waals surface area contributed by atoms with Crippen molar-refractivity contribution in [2.45, 2.75) is 314 Å². The van der Waals surface area contributed by atoms with E-state index in [1.54, 1.807) is 0 Å². The monoisotopic (exact) mass is 1140 g/mol. The average Bonchev–Trinajstić information content (AvgIpc) is 3.53. The predicted molar refractivity (Wildman–Crippen MR) is 331 cm³/mol. The lowest BCUT2D eigenvalue weighted by Gasteiger charge is -2.40. The van der Waals surface area contributed by atoms with E-state index >= 15 is 0 Å². The van der Waals surface area contributed by atoms with Crippen LogP contribution in [0.2, 0.25) is 0 Å². The van der Waals surface area contributed by atoms with Gasteiger partial charge >= 0.3 is 23.9 Å². The zero-order chi connectivity index (χ0) is 58.9. The molecule has 6 unspecified atom stereocenters. The number of allylic oxidation sites excluding steroid dienone is 14. The SMILES string of the molecule is CC/C=C\C/C=C\C/C=C\CCCCCCCCCC(=O)OC1C(OCC(COC(=O)CCCCCCCCCCC/C=C\C/C=C\CCCCC)OC(=O)CCCCCCC/C=C\C/C=C\CCCCC)OC(C(=O)O)C(O)C1O. The van der Waals surface area contributed by atoms with Gasteiger partial charge in [0.2, 0.25) is 0 Å². The van der Waals surface area contributed by atoms with Gasteiger partial charge in [0.1, 0.15) is 18.8 Å². The quantitative estimate of drug-likeness (QED) is 0.0228. The van der Waals surface area contributed by atoms with Gasteiger partial charge < -0.3 is 39.0 Å². The highest BCUT2D eigenvalue weighted by Gasteiger charge is 2.50. The van der Waals surface area contributed by atoms with E-state index in [4.69, 9.17) is 23.7 Å². The van der Waals surface area contributed by atoms with Gasteiger partial charge in [0.25, 0.3) is 0 Å². The lowest BCUT2D eigenvalue weighted by Crippen LogP contribution is -2.61. The van der Waals surface area contributed by atoms with Gasteiger partial charge in [0, 0.05) is 19.3 Å². The van der Waals surface area contributed by atoms with Crippen LogP contribution in [0.1, 0.15) is 278 Å². The van der Waals surface area contributed by atoms with E-state index in [-0.39, 0.29) is 25.9 Å². The second-order valence-electron chi connectivity index (χ2n) is 22.0. The molecule has 0 aromatic rings. The highest BCUT2D eigenvalue weighted by Crippen LogP contribution is 2.27. The van der Waals surface area contributed by atoms with Crippen LogP contribution in [0.5, 0.6) is 0 Å². The van der Waals surface area contributed by atoms with Crippen LogP contribution in [0.25, 0.3) is 0 Å². The van der Waals surface area contributed by atoms with Gasteiger partial charge in [0.05, 0.1) is 6.61 Å². The minimum Gasteiger partial charge on any atom is -0.479 e. The molecule has 1 aliphatic rings. The van der Waals surface area contributed by atoms with Gasteiger partial charge in [0.15, 0.2) is 24.6 Å². The molecule has 0 aromatic heterocycles. The van der Waals surface area contributed by atoms with Crippen LogP contribution >= 0.6 is 0 Å². The minimum atomic E-state index is -1.91. The van der Waals surface area contributed by atoms with Gasteiger partial charge in [-0.05, 0) is 116 Å². The topological polar surface area (TPSA) is 175 Å². The fourth-order valence-corrected chi connectivity index (χ4v) is 9.44. The molecule has 12 nitrogen and oxygen atoms in total. The highest BCUT2D eigenvalue weighted by atomic mass is 16.7. The predicted octanol–water partition coefficient (Wildman–Crippen LogP) is 17.5. The molecule has 6 atom stereocenters. The summed E-state index contributed by atoms with van der Waals surface area (Å²) >= 11 is 0. The molecule has 1 fully saturated rings. The third-order valence-electron chi connectivity index (χ3n) is 14.4. The van der Waals surface area contributed by atoms with Crippen molar-refractivity contribution >= 4 is 23.9 Å². The van der Waals surface area contributed by atoms with E-state index in [1.165, 1.54) is 77.0 Å². The Morgan fingerprint density at radius 2 is 0.778 bits per heavy atom. The Kier molecular flexibility index (Phi) is 52.1. The first-order valence-corrected chi connectivity index (χ1v) is 32.6. The molecule has 464 valence electrons. The van der Waals surface area contributed by atoms with E-state index in [0.29, 0.717) is 19.3 Å². The summed E-state index contributed by atoms with van der Waals surface area (Å²) in [6, 6.07) is 0. The number of rotatable bonds is 55. The Hall–Kier alpha value is -4.10. The van der Waals surface area contributed by atoms with Crippen molar-refractivity contribution in [2.75, 3.05) is 13.2 Å². The van der Waals surface area contributed by atoms with Crippen LogP contribution in [0.3, 0.4) is 0 Å². The normalized spacial score (nSPS) is 18.3. The van der Waals surface area contributed by atoms with Gasteiger partial charge in [-0.1, -0.05) is 228 Å². The zero-order valence-electron chi connectivity index (χ0n) is 51.3. The third kappa shape index (κ3) is 46.0. The summed E-state index contributed by atoms with van der Waals surface area (Å²) < 4.78 is 28.5. The number of hydrogen-bond donors (Lipinski definition) is 3. The number of ether oxygens (including phenoxy) is 5. The fraction of sp³-hybridized carbons (Fsp3) is 0.739. The van der Waals surface area contributed by atoms with Crippen molar-refractivity contribution in [3.8, 4) is 0 Å². The largest absolute Gasteiger partial charge is 0.479 e. The van der Waals surface area contributed by atoms with Crippen LogP contribution in [0, 0.1) is 0 Å². The number of hydrogen-bond acceptors (Lipinski definition) is 11. The molecule has 0 aliphatic carbocycles. The molecular formula is C69H116O12. The Morgan fingerprint density at radius 3 is 1.19 bits per heavy atom. The second-order valence-corrected chi connectivity index (χ2v) is 22.0. The Bertz CT molecular complexity index is 1730. The highest BCUT2D eigenvalue weighted by molar-refractivity contribution is 5.74. The van der Waals surface area contributed by atoms with Crippen LogP contribution in [0.4, 0.5) is 0 Å². The second kappa shape index (κ2) is 56.4. The van der Waals surface area contributed by atoms with Gasteiger partial charge in [-0.25, -0.2) is 4.79 Å². The Balaban J connectivity index is 2.67. The molecule has 12 heteroatoms. The summed E-state index contributed by atoms with van der Waals surface area (Å²) in [4.78, 5) is 51.3. The molecule has 0 aromatic carbocycles. The van der Waals surface area contributed by atoms with E-state index in [9.17, 15) is 34.5 Å².